The van der Waals surface area contributed by atoms with E-state index in [1.165, 1.54) is 7.11 Å². The number of aromatic amines is 1. The number of rotatable bonds is 5. The molecule has 2 N–H and O–H groups in total. The zero-order chi connectivity index (χ0) is 13.7. The van der Waals surface area contributed by atoms with Gasteiger partial charge in [0.1, 0.15) is 5.75 Å². The lowest BCUT2D eigenvalue weighted by Gasteiger charge is -2.04. The minimum atomic E-state index is -0.290. The number of methoxy groups -OCH3 is 1. The summed E-state index contributed by atoms with van der Waals surface area (Å²) in [6.45, 7) is 2.49. The van der Waals surface area contributed by atoms with Gasteiger partial charge in [0.25, 0.3) is 5.91 Å². The van der Waals surface area contributed by atoms with Crippen LogP contribution in [0.2, 0.25) is 0 Å². The summed E-state index contributed by atoms with van der Waals surface area (Å²) in [5.41, 5.74) is 0.499. The van der Waals surface area contributed by atoms with Crippen LogP contribution in [-0.4, -0.2) is 34.8 Å². The Morgan fingerprint density at radius 3 is 2.68 bits per heavy atom. The van der Waals surface area contributed by atoms with E-state index < -0.39 is 0 Å². The number of aromatic nitrogens is 3. The summed E-state index contributed by atoms with van der Waals surface area (Å²) >= 11 is 0. The lowest BCUT2D eigenvalue weighted by molar-refractivity contribution is 0.102. The quantitative estimate of drug-likeness (QED) is 0.851. The van der Waals surface area contributed by atoms with Crippen LogP contribution in [-0.2, 0) is 0 Å². The second kappa shape index (κ2) is 5.85. The number of hydrogen-bond donors (Lipinski definition) is 2. The number of H-pyrrole nitrogens is 1. The first-order valence-corrected chi connectivity index (χ1v) is 5.73. The first kappa shape index (κ1) is 12.9. The third kappa shape index (κ3) is 3.21. The Morgan fingerprint density at radius 2 is 2.11 bits per heavy atom. The number of nitrogens with one attached hydrogen (secondary N) is 2. The third-order valence-electron chi connectivity index (χ3n) is 2.31. The summed E-state index contributed by atoms with van der Waals surface area (Å²) in [6.07, 6.45) is 0. The molecule has 100 valence electrons. The number of benzene rings is 1. The SMILES string of the molecule is CCOc1ccc(C(=O)Nc2nc(OC)n[nH]2)cc1. The van der Waals surface area contributed by atoms with Crippen molar-refractivity contribution in [2.45, 2.75) is 6.92 Å². The molecule has 0 atom stereocenters. The second-order valence-corrected chi connectivity index (χ2v) is 3.58. The van der Waals surface area contributed by atoms with E-state index in [0.717, 1.165) is 5.75 Å². The maximum absolute atomic E-state index is 11.9. The largest absolute Gasteiger partial charge is 0.494 e. The van der Waals surface area contributed by atoms with Gasteiger partial charge in [-0.2, -0.15) is 4.98 Å². The van der Waals surface area contributed by atoms with Gasteiger partial charge in [-0.1, -0.05) is 0 Å². The van der Waals surface area contributed by atoms with Gasteiger partial charge in [0, 0.05) is 5.56 Å². The minimum absolute atomic E-state index is 0.169. The number of hydrogen-bond acceptors (Lipinski definition) is 5. The van der Waals surface area contributed by atoms with E-state index in [2.05, 4.69) is 20.5 Å². The van der Waals surface area contributed by atoms with Crippen LogP contribution < -0.4 is 14.8 Å². The minimum Gasteiger partial charge on any atom is -0.494 e. The van der Waals surface area contributed by atoms with Crippen molar-refractivity contribution >= 4 is 11.9 Å². The van der Waals surface area contributed by atoms with Crippen LogP contribution in [0.3, 0.4) is 0 Å². The molecule has 2 rings (SSSR count). The maximum atomic E-state index is 11.9. The monoisotopic (exact) mass is 262 g/mol. The Balaban J connectivity index is 2.02. The fourth-order valence-corrected chi connectivity index (χ4v) is 1.44. The molecule has 7 nitrogen and oxygen atoms in total. The predicted octanol–water partition coefficient (Wildman–Crippen LogP) is 1.46. The molecule has 1 amide bonds. The van der Waals surface area contributed by atoms with Crippen molar-refractivity contribution in [3.63, 3.8) is 0 Å². The second-order valence-electron chi connectivity index (χ2n) is 3.58. The molecule has 0 aliphatic rings. The fourth-order valence-electron chi connectivity index (χ4n) is 1.44. The number of ether oxygens (including phenoxy) is 2. The lowest BCUT2D eigenvalue weighted by atomic mass is 10.2. The van der Waals surface area contributed by atoms with Gasteiger partial charge in [-0.05, 0) is 31.2 Å². The summed E-state index contributed by atoms with van der Waals surface area (Å²) < 4.78 is 10.1. The van der Waals surface area contributed by atoms with E-state index in [4.69, 9.17) is 9.47 Å². The number of carbonyl (C=O) groups excluding carboxylic acids is 1. The highest BCUT2D eigenvalue weighted by molar-refractivity contribution is 6.03. The predicted molar refractivity (Wildman–Crippen MR) is 68.5 cm³/mol. The Hall–Kier alpha value is -2.57. The number of amides is 1. The van der Waals surface area contributed by atoms with Crippen LogP contribution in [0.5, 0.6) is 11.8 Å². The number of nitrogens with zero attached hydrogens (tertiary/aromatic N) is 2. The molecule has 0 radical (unpaired) electrons. The summed E-state index contributed by atoms with van der Waals surface area (Å²) in [6, 6.07) is 6.99. The summed E-state index contributed by atoms with van der Waals surface area (Å²) in [5, 5.41) is 8.85. The Labute approximate surface area is 110 Å². The van der Waals surface area contributed by atoms with Crippen molar-refractivity contribution in [1.82, 2.24) is 15.2 Å². The smallest absolute Gasteiger partial charge is 0.336 e. The van der Waals surface area contributed by atoms with Crippen LogP contribution in [0, 0.1) is 0 Å². The zero-order valence-electron chi connectivity index (χ0n) is 10.6. The van der Waals surface area contributed by atoms with E-state index in [9.17, 15) is 4.79 Å². The van der Waals surface area contributed by atoms with Gasteiger partial charge in [0.05, 0.1) is 13.7 Å². The van der Waals surface area contributed by atoms with Crippen molar-refractivity contribution in [2.24, 2.45) is 0 Å². The van der Waals surface area contributed by atoms with Crippen LogP contribution >= 0.6 is 0 Å². The van der Waals surface area contributed by atoms with Gasteiger partial charge < -0.3 is 9.47 Å². The number of carbonyl (C=O) groups is 1. The van der Waals surface area contributed by atoms with Crippen LogP contribution in [0.1, 0.15) is 17.3 Å². The lowest BCUT2D eigenvalue weighted by Crippen LogP contribution is -2.12. The first-order valence-electron chi connectivity index (χ1n) is 5.73. The molecule has 2 aromatic rings. The molecule has 0 aliphatic carbocycles. The average Bonchev–Trinajstić information content (AvgIpc) is 2.87. The van der Waals surface area contributed by atoms with E-state index in [-0.39, 0.29) is 17.9 Å². The molecular formula is C12H14N4O3. The summed E-state index contributed by atoms with van der Waals surface area (Å²) in [7, 11) is 1.45. The highest BCUT2D eigenvalue weighted by Crippen LogP contribution is 2.13. The maximum Gasteiger partial charge on any atom is 0.336 e. The molecule has 0 saturated carbocycles. The molecule has 1 heterocycles. The number of anilines is 1. The van der Waals surface area contributed by atoms with E-state index >= 15 is 0 Å². The van der Waals surface area contributed by atoms with Gasteiger partial charge in [-0.25, -0.2) is 5.10 Å². The Bertz CT molecular complexity index is 550. The van der Waals surface area contributed by atoms with E-state index in [1.807, 2.05) is 6.92 Å². The van der Waals surface area contributed by atoms with Crippen molar-refractivity contribution in [3.05, 3.63) is 29.8 Å². The highest BCUT2D eigenvalue weighted by Gasteiger charge is 2.09. The fraction of sp³-hybridized carbons (Fsp3) is 0.250. The molecule has 7 heteroatoms. The van der Waals surface area contributed by atoms with Gasteiger partial charge in [0.2, 0.25) is 5.95 Å². The van der Waals surface area contributed by atoms with Crippen LogP contribution in [0.4, 0.5) is 5.95 Å². The Morgan fingerprint density at radius 1 is 1.37 bits per heavy atom. The molecule has 0 bridgehead atoms. The van der Waals surface area contributed by atoms with Crippen LogP contribution in [0.25, 0.3) is 0 Å². The molecule has 0 fully saturated rings. The molecular weight excluding hydrogens is 248 g/mol. The van der Waals surface area contributed by atoms with Crippen molar-refractivity contribution in [3.8, 4) is 11.8 Å². The zero-order valence-corrected chi connectivity index (χ0v) is 10.6. The van der Waals surface area contributed by atoms with Gasteiger partial charge in [-0.3, -0.25) is 10.1 Å². The first-order chi connectivity index (χ1) is 9.22. The van der Waals surface area contributed by atoms with Gasteiger partial charge >= 0.3 is 6.01 Å². The van der Waals surface area contributed by atoms with E-state index in [1.54, 1.807) is 24.3 Å². The average molecular weight is 262 g/mol. The third-order valence-corrected chi connectivity index (χ3v) is 2.31. The van der Waals surface area contributed by atoms with Gasteiger partial charge in [0.15, 0.2) is 0 Å². The molecule has 19 heavy (non-hydrogen) atoms. The Kier molecular flexibility index (Phi) is 3.97. The standard InChI is InChI=1S/C12H14N4O3/c1-3-19-9-6-4-8(5-7-9)10(17)13-11-14-12(18-2)16-15-11/h4-7H,3H2,1-2H3,(H2,13,14,15,16,17). The van der Waals surface area contributed by atoms with Crippen molar-refractivity contribution in [1.29, 1.82) is 0 Å². The molecule has 0 spiro atoms. The highest BCUT2D eigenvalue weighted by atomic mass is 16.5. The summed E-state index contributed by atoms with van der Waals surface area (Å²) in [4.78, 5) is 15.8. The summed E-state index contributed by atoms with van der Waals surface area (Å²) in [5.74, 6) is 0.665. The normalized spacial score (nSPS) is 10.0. The molecule has 0 unspecified atom stereocenters. The molecule has 0 aliphatic heterocycles. The molecule has 1 aromatic carbocycles. The topological polar surface area (TPSA) is 89.1 Å². The van der Waals surface area contributed by atoms with Crippen LogP contribution in [0.15, 0.2) is 24.3 Å². The van der Waals surface area contributed by atoms with E-state index in [0.29, 0.717) is 12.2 Å². The van der Waals surface area contributed by atoms with Crippen molar-refractivity contribution < 1.29 is 14.3 Å². The van der Waals surface area contributed by atoms with Crippen molar-refractivity contribution in [2.75, 3.05) is 19.0 Å². The molecule has 0 saturated heterocycles. The molecule has 1 aromatic heterocycles. The van der Waals surface area contributed by atoms with Gasteiger partial charge in [-0.15, -0.1) is 5.10 Å².